The highest BCUT2D eigenvalue weighted by Crippen LogP contribution is 2.24. The van der Waals surface area contributed by atoms with Gasteiger partial charge in [0.25, 0.3) is 11.8 Å². The largest absolute Gasteiger partial charge is 0.508 e. The van der Waals surface area contributed by atoms with Crippen LogP contribution in [0.5, 0.6) is 5.75 Å². The molecule has 5 amide bonds. The first-order valence-corrected chi connectivity index (χ1v) is 17.1. The lowest BCUT2D eigenvalue weighted by molar-refractivity contribution is -0.635. The molecular weight excluding hydrogens is 620 g/mol. The summed E-state index contributed by atoms with van der Waals surface area (Å²) in [6.07, 6.45) is 6.40. The normalized spacial score (nSPS) is 18.1. The van der Waals surface area contributed by atoms with E-state index in [-0.39, 0.29) is 62.1 Å². The number of phenols is 1. The highest BCUT2D eigenvalue weighted by molar-refractivity contribution is 5.94. The number of benzene rings is 3. The van der Waals surface area contributed by atoms with Crippen molar-refractivity contribution in [2.75, 3.05) is 19.6 Å². The number of hydrogen-bond acceptors (Lipinski definition) is 5. The minimum Gasteiger partial charge on any atom is -0.508 e. The van der Waals surface area contributed by atoms with E-state index < -0.39 is 18.2 Å². The molecule has 11 nitrogen and oxygen atoms in total. The summed E-state index contributed by atoms with van der Waals surface area (Å²) in [7, 11) is 0. The van der Waals surface area contributed by atoms with Crippen molar-refractivity contribution in [3.63, 3.8) is 0 Å². The smallest absolute Gasteiger partial charge is 0.316 e. The molecule has 3 aromatic rings. The van der Waals surface area contributed by atoms with Gasteiger partial charge in [0, 0.05) is 31.1 Å². The third kappa shape index (κ3) is 9.93. The monoisotopic (exact) mass is 667 g/mol. The number of rotatable bonds is 13. The summed E-state index contributed by atoms with van der Waals surface area (Å²) in [6.45, 7) is 4.83. The molecule has 0 radical (unpaired) electrons. The SMILES string of the molecule is C=CC[NH2+]CC(=O)N1[C@@H](NC(=O)NCc2ccccc2)CN(Cc2cccc(C(=O)NC3CCCCC3)c2)C(=O)[C@@H]1Cc1ccc(O)cc1. The Kier molecular flexibility index (Phi) is 12.4. The summed E-state index contributed by atoms with van der Waals surface area (Å²) in [5.74, 6) is -0.612. The van der Waals surface area contributed by atoms with Gasteiger partial charge in [-0.1, -0.05) is 80.4 Å². The highest BCUT2D eigenvalue weighted by atomic mass is 16.3. The lowest BCUT2D eigenvalue weighted by Gasteiger charge is -2.46. The van der Waals surface area contributed by atoms with Crippen molar-refractivity contribution in [2.24, 2.45) is 0 Å². The number of quaternary nitrogens is 1. The molecule has 1 heterocycles. The van der Waals surface area contributed by atoms with Crippen LogP contribution in [0.4, 0.5) is 4.79 Å². The zero-order chi connectivity index (χ0) is 34.6. The first-order chi connectivity index (χ1) is 23.8. The Bertz CT molecular complexity index is 1590. The molecule has 11 heteroatoms. The molecule has 0 spiro atoms. The van der Waals surface area contributed by atoms with E-state index in [1.165, 1.54) is 11.3 Å². The van der Waals surface area contributed by atoms with Crippen molar-refractivity contribution in [1.29, 1.82) is 0 Å². The fraction of sp³-hybridized carbons (Fsp3) is 0.368. The summed E-state index contributed by atoms with van der Waals surface area (Å²) >= 11 is 0. The van der Waals surface area contributed by atoms with E-state index in [0.717, 1.165) is 42.4 Å². The first-order valence-electron chi connectivity index (χ1n) is 17.1. The van der Waals surface area contributed by atoms with Gasteiger partial charge in [0.2, 0.25) is 5.91 Å². The fourth-order valence-corrected chi connectivity index (χ4v) is 6.54. The maximum atomic E-state index is 14.3. The van der Waals surface area contributed by atoms with Crippen molar-refractivity contribution >= 4 is 23.8 Å². The van der Waals surface area contributed by atoms with Crippen molar-refractivity contribution < 1.29 is 29.6 Å². The van der Waals surface area contributed by atoms with E-state index in [0.29, 0.717) is 12.1 Å². The standard InChI is InChI=1S/C38H46N6O5/c1-2-20-39-24-35(46)44-33(22-27-16-18-32(45)19-17-27)37(48)43(26-34(44)42-38(49)40-23-28-10-5-3-6-11-28)25-29-12-9-13-30(21-29)36(47)41-31-14-7-4-8-15-31/h2-3,5-6,9-13,16-19,21,31,33-34,39,45H,1,4,7-8,14-15,20,22-26H2,(H,41,47)(H2,40,42,49)/p+1/t33-,34+/m0/s1. The van der Waals surface area contributed by atoms with Crippen LogP contribution in [0.15, 0.2) is 91.5 Å². The number of amides is 5. The van der Waals surface area contributed by atoms with Gasteiger partial charge in [0.15, 0.2) is 6.54 Å². The topological polar surface area (TPSA) is 148 Å². The van der Waals surface area contributed by atoms with Gasteiger partial charge in [-0.25, -0.2) is 4.79 Å². The van der Waals surface area contributed by atoms with Crippen LogP contribution in [-0.4, -0.2) is 76.5 Å². The van der Waals surface area contributed by atoms with Gasteiger partial charge < -0.3 is 36.2 Å². The summed E-state index contributed by atoms with van der Waals surface area (Å²) in [5.41, 5.74) is 2.96. The maximum absolute atomic E-state index is 14.3. The van der Waals surface area contributed by atoms with E-state index in [1.54, 1.807) is 52.7 Å². The Labute approximate surface area is 287 Å². The Morgan fingerprint density at radius 2 is 1.63 bits per heavy atom. The third-order valence-corrected chi connectivity index (χ3v) is 9.06. The number of carbonyl (C=O) groups is 4. The second kappa shape index (κ2) is 17.3. The lowest BCUT2D eigenvalue weighted by Crippen LogP contribution is -2.87. The number of nitrogens with one attached hydrogen (secondary N) is 3. The molecule has 2 atom stereocenters. The van der Waals surface area contributed by atoms with Crippen molar-refractivity contribution in [3.8, 4) is 5.75 Å². The number of hydrogen-bond donors (Lipinski definition) is 5. The predicted molar refractivity (Wildman–Crippen MR) is 186 cm³/mol. The van der Waals surface area contributed by atoms with E-state index in [4.69, 9.17) is 0 Å². The molecule has 3 aromatic carbocycles. The molecule has 6 N–H and O–H groups in total. The molecule has 5 rings (SSSR count). The first kappa shape index (κ1) is 35.2. The number of nitrogens with two attached hydrogens (primary N) is 1. The van der Waals surface area contributed by atoms with Crippen molar-refractivity contribution in [1.82, 2.24) is 25.8 Å². The van der Waals surface area contributed by atoms with Crippen molar-refractivity contribution in [2.45, 2.75) is 69.9 Å². The Morgan fingerprint density at radius 1 is 0.898 bits per heavy atom. The molecule has 2 fully saturated rings. The Morgan fingerprint density at radius 3 is 2.37 bits per heavy atom. The molecule has 0 unspecified atom stereocenters. The average molecular weight is 668 g/mol. The minimum atomic E-state index is -0.930. The van der Waals surface area contributed by atoms with Gasteiger partial charge in [0.05, 0.1) is 13.1 Å². The van der Waals surface area contributed by atoms with Gasteiger partial charge in [0.1, 0.15) is 18.0 Å². The second-order valence-electron chi connectivity index (χ2n) is 12.8. The molecular formula is C38H47N6O5+. The van der Waals surface area contributed by atoms with Gasteiger partial charge in [-0.2, -0.15) is 0 Å². The van der Waals surface area contributed by atoms with Crippen LogP contribution in [-0.2, 0) is 29.1 Å². The van der Waals surface area contributed by atoms with Crippen LogP contribution >= 0.6 is 0 Å². The highest BCUT2D eigenvalue weighted by Gasteiger charge is 2.44. The van der Waals surface area contributed by atoms with Crippen LogP contribution in [0, 0.1) is 0 Å². The zero-order valence-corrected chi connectivity index (χ0v) is 27.9. The van der Waals surface area contributed by atoms with Crippen LogP contribution in [0.1, 0.15) is 59.2 Å². The molecule has 1 saturated heterocycles. The molecule has 0 bridgehead atoms. The van der Waals surface area contributed by atoms with Gasteiger partial charge in [-0.05, 0) is 59.9 Å². The molecule has 1 aliphatic carbocycles. The number of aromatic hydroxyl groups is 1. The van der Waals surface area contributed by atoms with E-state index in [9.17, 15) is 24.3 Å². The molecule has 0 aromatic heterocycles. The number of carbonyl (C=O) groups excluding carboxylic acids is 4. The molecule has 1 saturated carbocycles. The third-order valence-electron chi connectivity index (χ3n) is 9.06. The number of nitrogens with zero attached hydrogens (tertiary/aromatic N) is 2. The second-order valence-corrected chi connectivity index (χ2v) is 12.8. The van der Waals surface area contributed by atoms with Crippen LogP contribution < -0.4 is 21.3 Å². The number of piperazine rings is 1. The lowest BCUT2D eigenvalue weighted by atomic mass is 9.95. The van der Waals surface area contributed by atoms with Gasteiger partial charge in [-0.15, -0.1) is 0 Å². The molecule has 49 heavy (non-hydrogen) atoms. The van der Waals surface area contributed by atoms with Crippen molar-refractivity contribution in [3.05, 3.63) is 114 Å². The minimum absolute atomic E-state index is 0.0510. The zero-order valence-electron chi connectivity index (χ0n) is 27.9. The Hall–Kier alpha value is -5.16. The summed E-state index contributed by atoms with van der Waals surface area (Å²) in [5, 5.41) is 20.7. The summed E-state index contributed by atoms with van der Waals surface area (Å²) in [4.78, 5) is 57.7. The Balaban J connectivity index is 1.40. The van der Waals surface area contributed by atoms with Gasteiger partial charge in [-0.3, -0.25) is 14.4 Å². The van der Waals surface area contributed by atoms with Crippen LogP contribution in [0.25, 0.3) is 0 Å². The maximum Gasteiger partial charge on any atom is 0.316 e. The van der Waals surface area contributed by atoms with E-state index >= 15 is 0 Å². The molecule has 258 valence electrons. The predicted octanol–water partition coefficient (Wildman–Crippen LogP) is 2.81. The average Bonchev–Trinajstić information content (AvgIpc) is 3.11. The number of phenolic OH excluding ortho intramolecular Hbond substituents is 1. The quantitative estimate of drug-likeness (QED) is 0.141. The summed E-state index contributed by atoms with van der Waals surface area (Å²) in [6, 6.07) is 22.0. The van der Waals surface area contributed by atoms with Gasteiger partial charge >= 0.3 is 6.03 Å². The number of urea groups is 1. The van der Waals surface area contributed by atoms with Crippen LogP contribution in [0.2, 0.25) is 0 Å². The fourth-order valence-electron chi connectivity index (χ4n) is 6.54. The summed E-state index contributed by atoms with van der Waals surface area (Å²) < 4.78 is 0. The molecule has 2 aliphatic rings. The molecule has 1 aliphatic heterocycles. The van der Waals surface area contributed by atoms with E-state index in [1.807, 2.05) is 42.5 Å². The van der Waals surface area contributed by atoms with Crippen LogP contribution in [0.3, 0.4) is 0 Å². The van der Waals surface area contributed by atoms with E-state index in [2.05, 4.69) is 22.5 Å².